The van der Waals surface area contributed by atoms with Crippen LogP contribution >= 0.6 is 0 Å². The van der Waals surface area contributed by atoms with Gasteiger partial charge in [0.2, 0.25) is 0 Å². The standard InChI is InChI=1S/C10H12F2/c1-10(7-11,8-12)9-5-3-2-4-6-9/h2-6H,7-8H2,1H3. The molecule has 0 heterocycles. The number of hydrogen-bond donors (Lipinski definition) is 0. The van der Waals surface area contributed by atoms with Gasteiger partial charge in [0, 0.05) is 5.41 Å². The van der Waals surface area contributed by atoms with E-state index in [1.54, 1.807) is 31.2 Å². The average Bonchev–Trinajstić information content (AvgIpc) is 2.18. The molecule has 0 atom stereocenters. The fourth-order valence-electron chi connectivity index (χ4n) is 1.03. The molecule has 0 N–H and O–H groups in total. The van der Waals surface area contributed by atoms with Crippen molar-refractivity contribution in [1.29, 1.82) is 0 Å². The van der Waals surface area contributed by atoms with Crippen molar-refractivity contribution in [2.45, 2.75) is 12.3 Å². The molecule has 1 rings (SSSR count). The average molecular weight is 170 g/mol. The van der Waals surface area contributed by atoms with E-state index < -0.39 is 18.8 Å². The largest absolute Gasteiger partial charge is 0.250 e. The predicted molar refractivity (Wildman–Crippen MR) is 45.7 cm³/mol. The Labute approximate surface area is 71.2 Å². The van der Waals surface area contributed by atoms with Crippen molar-refractivity contribution in [3.63, 3.8) is 0 Å². The van der Waals surface area contributed by atoms with Gasteiger partial charge in [-0.25, -0.2) is 0 Å². The van der Waals surface area contributed by atoms with Gasteiger partial charge in [0.25, 0.3) is 0 Å². The molecule has 12 heavy (non-hydrogen) atoms. The summed E-state index contributed by atoms with van der Waals surface area (Å²) < 4.78 is 25.0. The molecule has 0 saturated carbocycles. The van der Waals surface area contributed by atoms with Crippen molar-refractivity contribution < 1.29 is 8.78 Å². The Kier molecular flexibility index (Phi) is 2.79. The first kappa shape index (κ1) is 9.17. The molecule has 0 amide bonds. The second kappa shape index (κ2) is 3.65. The number of benzene rings is 1. The molecule has 1 aromatic rings. The van der Waals surface area contributed by atoms with Crippen LogP contribution in [-0.4, -0.2) is 13.3 Å². The van der Waals surface area contributed by atoms with Crippen LogP contribution in [0.3, 0.4) is 0 Å². The van der Waals surface area contributed by atoms with Crippen molar-refractivity contribution in [2.75, 3.05) is 13.3 Å². The second-order valence-corrected chi connectivity index (χ2v) is 3.19. The third kappa shape index (κ3) is 1.63. The number of alkyl halides is 2. The topological polar surface area (TPSA) is 0 Å². The first-order chi connectivity index (χ1) is 5.73. The summed E-state index contributed by atoms with van der Waals surface area (Å²) in [5, 5.41) is 0. The molecular formula is C10H12F2. The first-order valence-corrected chi connectivity index (χ1v) is 3.90. The van der Waals surface area contributed by atoms with Gasteiger partial charge in [-0.05, 0) is 5.56 Å². The molecule has 0 aliphatic heterocycles. The van der Waals surface area contributed by atoms with Crippen LogP contribution in [0.2, 0.25) is 0 Å². The van der Waals surface area contributed by atoms with Gasteiger partial charge in [0.15, 0.2) is 0 Å². The Morgan fingerprint density at radius 3 is 2.00 bits per heavy atom. The van der Waals surface area contributed by atoms with Crippen LogP contribution in [0, 0.1) is 0 Å². The van der Waals surface area contributed by atoms with Crippen LogP contribution in [0.5, 0.6) is 0 Å². The first-order valence-electron chi connectivity index (χ1n) is 3.90. The Bertz CT molecular complexity index is 227. The van der Waals surface area contributed by atoms with Gasteiger partial charge in [0.1, 0.15) is 13.3 Å². The van der Waals surface area contributed by atoms with Gasteiger partial charge in [-0.15, -0.1) is 0 Å². The molecule has 1 aromatic carbocycles. The maximum Gasteiger partial charge on any atom is 0.101 e. The zero-order valence-electron chi connectivity index (χ0n) is 7.06. The molecule has 0 aliphatic rings. The lowest BCUT2D eigenvalue weighted by molar-refractivity contribution is 0.258. The highest BCUT2D eigenvalue weighted by Gasteiger charge is 2.26. The van der Waals surface area contributed by atoms with Crippen LogP contribution in [0.1, 0.15) is 12.5 Å². The van der Waals surface area contributed by atoms with Crippen LogP contribution < -0.4 is 0 Å². The summed E-state index contributed by atoms with van der Waals surface area (Å²) in [6, 6.07) is 8.91. The van der Waals surface area contributed by atoms with Crippen molar-refractivity contribution in [3.8, 4) is 0 Å². The van der Waals surface area contributed by atoms with E-state index in [-0.39, 0.29) is 0 Å². The molecule has 0 radical (unpaired) electrons. The fourth-order valence-corrected chi connectivity index (χ4v) is 1.03. The monoisotopic (exact) mass is 170 g/mol. The summed E-state index contributed by atoms with van der Waals surface area (Å²) in [4.78, 5) is 0. The van der Waals surface area contributed by atoms with Crippen LogP contribution in [-0.2, 0) is 5.41 Å². The molecule has 0 unspecified atom stereocenters. The van der Waals surface area contributed by atoms with Crippen molar-refractivity contribution in [2.24, 2.45) is 0 Å². The summed E-state index contributed by atoms with van der Waals surface area (Å²) >= 11 is 0. The normalized spacial score (nSPS) is 11.6. The van der Waals surface area contributed by atoms with E-state index in [9.17, 15) is 8.78 Å². The fraction of sp³-hybridized carbons (Fsp3) is 0.400. The second-order valence-electron chi connectivity index (χ2n) is 3.19. The molecule has 0 aliphatic carbocycles. The van der Waals surface area contributed by atoms with Crippen molar-refractivity contribution in [1.82, 2.24) is 0 Å². The maximum atomic E-state index is 12.5. The molecule has 0 bridgehead atoms. The molecule has 0 saturated heterocycles. The Morgan fingerprint density at radius 2 is 1.58 bits per heavy atom. The molecule has 66 valence electrons. The van der Waals surface area contributed by atoms with Gasteiger partial charge in [0.05, 0.1) is 0 Å². The Hall–Kier alpha value is -0.920. The Balaban J connectivity index is 2.95. The van der Waals surface area contributed by atoms with Gasteiger partial charge < -0.3 is 0 Å². The highest BCUT2D eigenvalue weighted by atomic mass is 19.1. The van der Waals surface area contributed by atoms with Crippen LogP contribution in [0.15, 0.2) is 30.3 Å². The minimum Gasteiger partial charge on any atom is -0.250 e. The zero-order valence-corrected chi connectivity index (χ0v) is 7.06. The SMILES string of the molecule is CC(CF)(CF)c1ccccc1. The molecule has 0 fully saturated rings. The van der Waals surface area contributed by atoms with Crippen LogP contribution in [0.25, 0.3) is 0 Å². The summed E-state index contributed by atoms with van der Waals surface area (Å²) in [6.07, 6.45) is 0. The quantitative estimate of drug-likeness (QED) is 0.654. The predicted octanol–water partition coefficient (Wildman–Crippen LogP) is 2.88. The molecule has 2 heteroatoms. The minimum absolute atomic E-state index is 0.659. The summed E-state index contributed by atoms with van der Waals surface area (Å²) in [6.45, 7) is 0.267. The summed E-state index contributed by atoms with van der Waals surface area (Å²) in [5.41, 5.74) is -0.239. The molecule has 0 nitrogen and oxygen atoms in total. The third-order valence-corrected chi connectivity index (χ3v) is 2.06. The lowest BCUT2D eigenvalue weighted by Crippen LogP contribution is -2.26. The van der Waals surface area contributed by atoms with E-state index in [1.165, 1.54) is 0 Å². The third-order valence-electron chi connectivity index (χ3n) is 2.06. The lowest BCUT2D eigenvalue weighted by atomic mass is 9.85. The van der Waals surface area contributed by atoms with Crippen molar-refractivity contribution >= 4 is 0 Å². The highest BCUT2D eigenvalue weighted by Crippen LogP contribution is 2.24. The lowest BCUT2D eigenvalue weighted by Gasteiger charge is -2.22. The minimum atomic E-state index is -0.957. The van der Waals surface area contributed by atoms with Gasteiger partial charge in [-0.3, -0.25) is 8.78 Å². The van der Waals surface area contributed by atoms with E-state index in [2.05, 4.69) is 0 Å². The van der Waals surface area contributed by atoms with Crippen LogP contribution in [0.4, 0.5) is 8.78 Å². The molecule has 0 spiro atoms. The smallest absolute Gasteiger partial charge is 0.101 e. The molecule has 0 aromatic heterocycles. The van der Waals surface area contributed by atoms with E-state index in [0.717, 1.165) is 5.56 Å². The number of halogens is 2. The van der Waals surface area contributed by atoms with E-state index in [1.807, 2.05) is 6.07 Å². The molecular weight excluding hydrogens is 158 g/mol. The van der Waals surface area contributed by atoms with Crippen molar-refractivity contribution in [3.05, 3.63) is 35.9 Å². The number of rotatable bonds is 3. The highest BCUT2D eigenvalue weighted by molar-refractivity contribution is 5.24. The Morgan fingerprint density at radius 1 is 1.08 bits per heavy atom. The number of hydrogen-bond acceptors (Lipinski definition) is 0. The summed E-state index contributed by atoms with van der Waals surface area (Å²) in [5.74, 6) is 0. The van der Waals surface area contributed by atoms with Gasteiger partial charge in [-0.2, -0.15) is 0 Å². The van der Waals surface area contributed by atoms with E-state index in [4.69, 9.17) is 0 Å². The summed E-state index contributed by atoms with van der Waals surface area (Å²) in [7, 11) is 0. The van der Waals surface area contributed by atoms with Gasteiger partial charge >= 0.3 is 0 Å². The maximum absolute atomic E-state index is 12.5. The zero-order chi connectivity index (χ0) is 9.03. The van der Waals surface area contributed by atoms with Gasteiger partial charge in [-0.1, -0.05) is 37.3 Å². The van der Waals surface area contributed by atoms with E-state index in [0.29, 0.717) is 0 Å². The van der Waals surface area contributed by atoms with E-state index >= 15 is 0 Å².